The lowest BCUT2D eigenvalue weighted by Gasteiger charge is -2.10. The van der Waals surface area contributed by atoms with Crippen molar-refractivity contribution in [1.29, 1.82) is 0 Å². The van der Waals surface area contributed by atoms with Gasteiger partial charge in [-0.05, 0) is 56.2 Å². The molecule has 0 saturated carbocycles. The fourth-order valence-corrected chi connectivity index (χ4v) is 2.67. The summed E-state index contributed by atoms with van der Waals surface area (Å²) in [6.07, 6.45) is 0. The zero-order valence-electron chi connectivity index (χ0n) is 11.5. The third-order valence-electron chi connectivity index (χ3n) is 3.12. The molecule has 2 N–H and O–H groups in total. The molecule has 5 heteroatoms. The van der Waals surface area contributed by atoms with Gasteiger partial charge < -0.3 is 10.4 Å². The zero-order valence-corrected chi connectivity index (χ0v) is 12.3. The minimum Gasteiger partial charge on any atom is -0.478 e. The van der Waals surface area contributed by atoms with Crippen LogP contribution in [0.5, 0.6) is 0 Å². The molecule has 0 aliphatic rings. The molecule has 0 aliphatic carbocycles. The number of nitrogens with one attached hydrogen (secondary N) is 1. The molecule has 2 aromatic rings. The minimum atomic E-state index is -0.992. The number of carboxylic acid groups (broad SMARTS) is 1. The Morgan fingerprint density at radius 3 is 2.40 bits per heavy atom. The highest BCUT2D eigenvalue weighted by molar-refractivity contribution is 7.14. The first-order valence-electron chi connectivity index (χ1n) is 6.11. The number of hydrogen-bond acceptors (Lipinski definition) is 3. The summed E-state index contributed by atoms with van der Waals surface area (Å²) < 4.78 is 0. The van der Waals surface area contributed by atoms with E-state index in [2.05, 4.69) is 5.32 Å². The molecule has 1 aromatic carbocycles. The molecule has 104 valence electrons. The Morgan fingerprint density at radius 1 is 1.15 bits per heavy atom. The van der Waals surface area contributed by atoms with E-state index in [0.29, 0.717) is 16.1 Å². The number of carbonyl (C=O) groups excluding carboxylic acids is 1. The number of aromatic carboxylic acids is 1. The highest BCUT2D eigenvalue weighted by Crippen LogP contribution is 2.22. The molecule has 20 heavy (non-hydrogen) atoms. The number of thiophene rings is 1. The van der Waals surface area contributed by atoms with E-state index in [9.17, 15) is 9.59 Å². The smallest absolute Gasteiger partial charge is 0.336 e. The Labute approximate surface area is 121 Å². The van der Waals surface area contributed by atoms with Crippen molar-refractivity contribution in [2.45, 2.75) is 20.8 Å². The van der Waals surface area contributed by atoms with Crippen molar-refractivity contribution in [3.63, 3.8) is 0 Å². The molecule has 0 saturated heterocycles. The molecule has 0 fully saturated rings. The van der Waals surface area contributed by atoms with Gasteiger partial charge in [0.15, 0.2) is 0 Å². The number of carbonyl (C=O) groups is 2. The van der Waals surface area contributed by atoms with E-state index >= 15 is 0 Å². The molecule has 0 bridgehead atoms. The summed E-state index contributed by atoms with van der Waals surface area (Å²) in [5, 5.41) is 11.9. The van der Waals surface area contributed by atoms with Gasteiger partial charge in [0, 0.05) is 10.6 Å². The molecule has 4 nitrogen and oxygen atoms in total. The number of rotatable bonds is 3. The first-order valence-corrected chi connectivity index (χ1v) is 6.92. The lowest BCUT2D eigenvalue weighted by molar-refractivity contribution is 0.0695. The maximum atomic E-state index is 12.1. The van der Waals surface area contributed by atoms with Crippen molar-refractivity contribution in [3.05, 3.63) is 50.7 Å². The second kappa shape index (κ2) is 5.46. The summed E-state index contributed by atoms with van der Waals surface area (Å²) in [7, 11) is 0. The van der Waals surface area contributed by atoms with Gasteiger partial charge in [0.1, 0.15) is 0 Å². The Kier molecular flexibility index (Phi) is 3.90. The SMILES string of the molecule is Cc1ccc(C(=O)Nc2cc(C)c(C)c(C(=O)O)c2)s1. The van der Waals surface area contributed by atoms with Crippen molar-refractivity contribution in [3.8, 4) is 0 Å². The van der Waals surface area contributed by atoms with E-state index in [1.165, 1.54) is 17.4 Å². The monoisotopic (exact) mass is 289 g/mol. The molecule has 0 spiro atoms. The van der Waals surface area contributed by atoms with Crippen LogP contribution in [0.25, 0.3) is 0 Å². The van der Waals surface area contributed by atoms with E-state index in [1.54, 1.807) is 19.1 Å². The number of hydrogen-bond donors (Lipinski definition) is 2. The largest absolute Gasteiger partial charge is 0.478 e. The number of amides is 1. The van der Waals surface area contributed by atoms with Crippen LogP contribution < -0.4 is 5.32 Å². The molecule has 1 amide bonds. The highest BCUT2D eigenvalue weighted by Gasteiger charge is 2.13. The predicted octanol–water partition coefficient (Wildman–Crippen LogP) is 3.62. The molecule has 0 unspecified atom stereocenters. The quantitative estimate of drug-likeness (QED) is 0.906. The molecular weight excluding hydrogens is 274 g/mol. The fourth-order valence-electron chi connectivity index (χ4n) is 1.90. The van der Waals surface area contributed by atoms with E-state index in [-0.39, 0.29) is 11.5 Å². The molecule has 0 radical (unpaired) electrons. The fraction of sp³-hybridized carbons (Fsp3) is 0.200. The highest BCUT2D eigenvalue weighted by atomic mass is 32.1. The summed E-state index contributed by atoms with van der Waals surface area (Å²) in [5.41, 5.74) is 2.26. The van der Waals surface area contributed by atoms with Crippen molar-refractivity contribution in [2.24, 2.45) is 0 Å². The van der Waals surface area contributed by atoms with Crippen LogP contribution in [0.15, 0.2) is 24.3 Å². The van der Waals surface area contributed by atoms with Crippen molar-refractivity contribution in [2.75, 3.05) is 5.32 Å². The third kappa shape index (κ3) is 2.88. The van der Waals surface area contributed by atoms with Crippen LogP contribution in [0.2, 0.25) is 0 Å². The van der Waals surface area contributed by atoms with Gasteiger partial charge in [-0.1, -0.05) is 0 Å². The average molecular weight is 289 g/mol. The normalized spacial score (nSPS) is 10.3. The molecule has 1 heterocycles. The summed E-state index contributed by atoms with van der Waals surface area (Å²) in [5.74, 6) is -1.21. The maximum Gasteiger partial charge on any atom is 0.336 e. The van der Waals surface area contributed by atoms with Gasteiger partial charge in [0.25, 0.3) is 5.91 Å². The summed E-state index contributed by atoms with van der Waals surface area (Å²) >= 11 is 1.40. The summed E-state index contributed by atoms with van der Waals surface area (Å²) in [6, 6.07) is 6.90. The van der Waals surface area contributed by atoms with Gasteiger partial charge in [-0.25, -0.2) is 4.79 Å². The lowest BCUT2D eigenvalue weighted by Crippen LogP contribution is -2.12. The number of anilines is 1. The standard InChI is InChI=1S/C15H15NO3S/c1-8-6-11(7-12(10(8)3)15(18)19)16-14(17)13-5-4-9(2)20-13/h4-7H,1-3H3,(H,16,17)(H,18,19). The van der Waals surface area contributed by atoms with Crippen LogP contribution in [0.4, 0.5) is 5.69 Å². The molecule has 2 rings (SSSR count). The van der Waals surface area contributed by atoms with Crippen LogP contribution >= 0.6 is 11.3 Å². The Morgan fingerprint density at radius 2 is 1.85 bits per heavy atom. The summed E-state index contributed by atoms with van der Waals surface area (Å²) in [4.78, 5) is 24.9. The van der Waals surface area contributed by atoms with Gasteiger partial charge in [-0.15, -0.1) is 11.3 Å². The van der Waals surface area contributed by atoms with Crippen LogP contribution in [0.1, 0.15) is 36.0 Å². The topological polar surface area (TPSA) is 66.4 Å². The second-order valence-electron chi connectivity index (χ2n) is 4.64. The van der Waals surface area contributed by atoms with Gasteiger partial charge in [0.2, 0.25) is 0 Å². The van der Waals surface area contributed by atoms with Gasteiger partial charge in [-0.3, -0.25) is 4.79 Å². The van der Waals surface area contributed by atoms with E-state index in [1.807, 2.05) is 19.9 Å². The second-order valence-corrected chi connectivity index (χ2v) is 5.92. The summed E-state index contributed by atoms with van der Waals surface area (Å²) in [6.45, 7) is 5.51. The van der Waals surface area contributed by atoms with Crippen molar-refractivity contribution >= 4 is 28.9 Å². The van der Waals surface area contributed by atoms with E-state index in [0.717, 1.165) is 10.4 Å². The Bertz CT molecular complexity index is 688. The number of benzene rings is 1. The Hall–Kier alpha value is -2.14. The van der Waals surface area contributed by atoms with Crippen LogP contribution in [-0.2, 0) is 0 Å². The molecule has 0 atom stereocenters. The van der Waals surface area contributed by atoms with Gasteiger partial charge in [-0.2, -0.15) is 0 Å². The van der Waals surface area contributed by atoms with Crippen LogP contribution in [-0.4, -0.2) is 17.0 Å². The van der Waals surface area contributed by atoms with Crippen LogP contribution in [0, 0.1) is 20.8 Å². The zero-order chi connectivity index (χ0) is 14.9. The van der Waals surface area contributed by atoms with Crippen LogP contribution in [0.3, 0.4) is 0 Å². The first-order chi connectivity index (χ1) is 9.38. The minimum absolute atomic E-state index is 0.211. The van der Waals surface area contributed by atoms with E-state index < -0.39 is 5.97 Å². The maximum absolute atomic E-state index is 12.1. The van der Waals surface area contributed by atoms with Crippen molar-refractivity contribution < 1.29 is 14.7 Å². The van der Waals surface area contributed by atoms with E-state index in [4.69, 9.17) is 5.11 Å². The third-order valence-corrected chi connectivity index (χ3v) is 4.12. The molecule has 1 aromatic heterocycles. The van der Waals surface area contributed by atoms with Crippen molar-refractivity contribution in [1.82, 2.24) is 0 Å². The number of carboxylic acids is 1. The Balaban J connectivity index is 2.30. The first kappa shape index (κ1) is 14.3. The van der Waals surface area contributed by atoms with Gasteiger partial charge in [0.05, 0.1) is 10.4 Å². The number of aryl methyl sites for hydroxylation is 2. The molecule has 0 aliphatic heterocycles. The lowest BCUT2D eigenvalue weighted by atomic mass is 10.0. The van der Waals surface area contributed by atoms with Gasteiger partial charge >= 0.3 is 5.97 Å². The predicted molar refractivity (Wildman–Crippen MR) is 79.9 cm³/mol. The molecular formula is C15H15NO3S. The average Bonchev–Trinajstić information content (AvgIpc) is 2.80.